The number of rotatable bonds is 7. The number of hydrogen-bond donors (Lipinski definition) is 3. The normalized spacial score (nSPS) is 12.5. The van der Waals surface area contributed by atoms with E-state index >= 15 is 0 Å². The van der Waals surface area contributed by atoms with Crippen LogP contribution >= 0.6 is 0 Å². The Morgan fingerprint density at radius 1 is 1.40 bits per heavy atom. The van der Waals surface area contributed by atoms with Gasteiger partial charge < -0.3 is 15.4 Å². The maximum Gasteiger partial charge on any atom is 0.223 e. The minimum atomic E-state index is -0.0806. The molecule has 108 valence electrons. The van der Waals surface area contributed by atoms with E-state index in [9.17, 15) is 4.79 Å². The zero-order chi connectivity index (χ0) is 14.4. The van der Waals surface area contributed by atoms with E-state index in [1.165, 1.54) is 10.9 Å². The van der Waals surface area contributed by atoms with E-state index in [1.807, 2.05) is 31.3 Å². The number of aromatic amines is 1. The van der Waals surface area contributed by atoms with Crippen molar-refractivity contribution in [2.75, 3.05) is 13.2 Å². The summed E-state index contributed by atoms with van der Waals surface area (Å²) in [4.78, 5) is 15.2. The molecule has 2 rings (SSSR count). The Bertz CT molecular complexity index is 562. The van der Waals surface area contributed by atoms with E-state index in [2.05, 4.69) is 16.4 Å². The average Bonchev–Trinajstić information content (AvgIpc) is 2.88. The highest BCUT2D eigenvalue weighted by Gasteiger charge is 2.15. The summed E-state index contributed by atoms with van der Waals surface area (Å²) in [6.45, 7) is 2.66. The molecule has 4 nitrogen and oxygen atoms in total. The Kier molecular flexibility index (Phi) is 5.18. The SMILES string of the molecule is CCC(CCO)C(=O)NCCc1c[nH]c2ccccc12. The van der Waals surface area contributed by atoms with Gasteiger partial charge in [-0.3, -0.25) is 4.79 Å². The summed E-state index contributed by atoms with van der Waals surface area (Å²) < 4.78 is 0. The van der Waals surface area contributed by atoms with Gasteiger partial charge in [-0.05, 0) is 30.9 Å². The minimum Gasteiger partial charge on any atom is -0.396 e. The van der Waals surface area contributed by atoms with Gasteiger partial charge in [-0.15, -0.1) is 0 Å². The predicted molar refractivity (Wildman–Crippen MR) is 80.5 cm³/mol. The predicted octanol–water partition coefficient (Wildman–Crippen LogP) is 2.24. The van der Waals surface area contributed by atoms with Crippen molar-refractivity contribution in [2.45, 2.75) is 26.2 Å². The first-order valence-electron chi connectivity index (χ1n) is 7.19. The quantitative estimate of drug-likeness (QED) is 0.725. The van der Waals surface area contributed by atoms with Gasteiger partial charge in [-0.25, -0.2) is 0 Å². The number of H-pyrrole nitrogens is 1. The zero-order valence-electron chi connectivity index (χ0n) is 11.9. The number of aromatic nitrogens is 1. The fourth-order valence-corrected chi connectivity index (χ4v) is 2.48. The first-order valence-corrected chi connectivity index (χ1v) is 7.19. The van der Waals surface area contributed by atoms with Crippen molar-refractivity contribution in [2.24, 2.45) is 5.92 Å². The molecule has 1 unspecified atom stereocenters. The molecule has 20 heavy (non-hydrogen) atoms. The summed E-state index contributed by atoms with van der Waals surface area (Å²) in [5, 5.41) is 13.1. The van der Waals surface area contributed by atoms with Gasteiger partial charge in [0.25, 0.3) is 0 Å². The van der Waals surface area contributed by atoms with Crippen LogP contribution in [0, 0.1) is 5.92 Å². The lowest BCUT2D eigenvalue weighted by atomic mass is 10.0. The van der Waals surface area contributed by atoms with Crippen molar-refractivity contribution >= 4 is 16.8 Å². The molecule has 0 bridgehead atoms. The van der Waals surface area contributed by atoms with E-state index in [1.54, 1.807) is 0 Å². The van der Waals surface area contributed by atoms with Gasteiger partial charge in [-0.2, -0.15) is 0 Å². The number of hydrogen-bond acceptors (Lipinski definition) is 2. The number of para-hydroxylation sites is 1. The number of fused-ring (bicyclic) bond motifs is 1. The van der Waals surface area contributed by atoms with Crippen molar-refractivity contribution in [1.82, 2.24) is 10.3 Å². The van der Waals surface area contributed by atoms with Crippen molar-refractivity contribution in [1.29, 1.82) is 0 Å². The van der Waals surface area contributed by atoms with Gasteiger partial charge in [0.2, 0.25) is 5.91 Å². The Hall–Kier alpha value is -1.81. The van der Waals surface area contributed by atoms with E-state index in [-0.39, 0.29) is 18.4 Å². The Balaban J connectivity index is 1.88. The van der Waals surface area contributed by atoms with Crippen LogP contribution in [0.4, 0.5) is 0 Å². The van der Waals surface area contributed by atoms with E-state index in [4.69, 9.17) is 5.11 Å². The molecule has 1 heterocycles. The number of amides is 1. The highest BCUT2D eigenvalue weighted by molar-refractivity contribution is 5.83. The van der Waals surface area contributed by atoms with E-state index in [0.717, 1.165) is 18.4 Å². The second kappa shape index (κ2) is 7.10. The molecule has 3 N–H and O–H groups in total. The summed E-state index contributed by atoms with van der Waals surface area (Å²) in [5.41, 5.74) is 2.34. The standard InChI is InChI=1S/C16H22N2O2/c1-2-12(8-10-19)16(20)17-9-7-13-11-18-15-6-4-3-5-14(13)15/h3-6,11-12,18-19H,2,7-10H2,1H3,(H,17,20). The molecule has 0 saturated heterocycles. The molecule has 0 saturated carbocycles. The summed E-state index contributed by atoms with van der Waals surface area (Å²) >= 11 is 0. The second-order valence-electron chi connectivity index (χ2n) is 5.02. The highest BCUT2D eigenvalue weighted by atomic mass is 16.3. The topological polar surface area (TPSA) is 65.1 Å². The van der Waals surface area contributed by atoms with Crippen molar-refractivity contribution in [3.63, 3.8) is 0 Å². The molecular formula is C16H22N2O2. The molecule has 4 heteroatoms. The van der Waals surface area contributed by atoms with Gasteiger partial charge >= 0.3 is 0 Å². The summed E-state index contributed by atoms with van der Waals surface area (Å²) in [6.07, 6.45) is 4.11. The zero-order valence-corrected chi connectivity index (χ0v) is 11.9. The Labute approximate surface area is 119 Å². The van der Waals surface area contributed by atoms with Gasteiger partial charge in [-0.1, -0.05) is 25.1 Å². The number of benzene rings is 1. The maximum absolute atomic E-state index is 11.9. The first-order chi connectivity index (χ1) is 9.76. The van der Waals surface area contributed by atoms with Crippen molar-refractivity contribution in [3.8, 4) is 0 Å². The molecule has 1 aromatic heterocycles. The van der Waals surface area contributed by atoms with Gasteiger partial charge in [0.1, 0.15) is 0 Å². The lowest BCUT2D eigenvalue weighted by molar-refractivity contribution is -0.125. The third-order valence-electron chi connectivity index (χ3n) is 3.71. The first kappa shape index (κ1) is 14.6. The average molecular weight is 274 g/mol. The van der Waals surface area contributed by atoms with Crippen LogP contribution in [-0.4, -0.2) is 29.1 Å². The van der Waals surface area contributed by atoms with Crippen molar-refractivity contribution in [3.05, 3.63) is 36.0 Å². The van der Waals surface area contributed by atoms with Crippen molar-refractivity contribution < 1.29 is 9.90 Å². The second-order valence-corrected chi connectivity index (χ2v) is 5.02. The fraction of sp³-hybridized carbons (Fsp3) is 0.438. The summed E-state index contributed by atoms with van der Waals surface area (Å²) in [6, 6.07) is 8.16. The van der Waals surface area contributed by atoms with Gasteiger partial charge in [0, 0.05) is 36.2 Å². The monoisotopic (exact) mass is 274 g/mol. The molecule has 0 spiro atoms. The molecule has 0 fully saturated rings. The summed E-state index contributed by atoms with van der Waals surface area (Å²) in [7, 11) is 0. The van der Waals surface area contributed by atoms with Crippen LogP contribution in [0.3, 0.4) is 0 Å². The van der Waals surface area contributed by atoms with Crippen LogP contribution < -0.4 is 5.32 Å². The highest BCUT2D eigenvalue weighted by Crippen LogP contribution is 2.17. The number of carbonyl (C=O) groups excluding carboxylic acids is 1. The van der Waals surface area contributed by atoms with Gasteiger partial charge in [0.15, 0.2) is 0 Å². The third kappa shape index (κ3) is 3.39. The minimum absolute atomic E-state index is 0.0430. The molecule has 0 radical (unpaired) electrons. The fourth-order valence-electron chi connectivity index (χ4n) is 2.48. The Morgan fingerprint density at radius 2 is 2.20 bits per heavy atom. The van der Waals surface area contributed by atoms with Crippen LogP contribution in [-0.2, 0) is 11.2 Å². The molecule has 0 aliphatic heterocycles. The van der Waals surface area contributed by atoms with E-state index in [0.29, 0.717) is 13.0 Å². The maximum atomic E-state index is 11.9. The summed E-state index contributed by atoms with van der Waals surface area (Å²) in [5.74, 6) is -0.0376. The number of aliphatic hydroxyl groups is 1. The van der Waals surface area contributed by atoms with Crippen LogP contribution in [0.25, 0.3) is 10.9 Å². The van der Waals surface area contributed by atoms with Gasteiger partial charge in [0.05, 0.1) is 0 Å². The molecule has 0 aliphatic carbocycles. The molecule has 1 aromatic carbocycles. The van der Waals surface area contributed by atoms with Crippen LogP contribution in [0.1, 0.15) is 25.3 Å². The lowest BCUT2D eigenvalue weighted by Gasteiger charge is -2.13. The molecular weight excluding hydrogens is 252 g/mol. The largest absolute Gasteiger partial charge is 0.396 e. The Morgan fingerprint density at radius 3 is 2.95 bits per heavy atom. The number of carbonyl (C=O) groups is 1. The third-order valence-corrected chi connectivity index (χ3v) is 3.71. The smallest absolute Gasteiger partial charge is 0.223 e. The molecule has 0 aliphatic rings. The number of nitrogens with one attached hydrogen (secondary N) is 2. The molecule has 1 amide bonds. The van der Waals surface area contributed by atoms with Crippen LogP contribution in [0.15, 0.2) is 30.5 Å². The van der Waals surface area contributed by atoms with Crippen LogP contribution in [0.5, 0.6) is 0 Å². The molecule has 1 atom stereocenters. The number of aliphatic hydroxyl groups excluding tert-OH is 1. The van der Waals surface area contributed by atoms with Crippen LogP contribution in [0.2, 0.25) is 0 Å². The molecule has 2 aromatic rings. The van der Waals surface area contributed by atoms with E-state index < -0.39 is 0 Å². The lowest BCUT2D eigenvalue weighted by Crippen LogP contribution is -2.32.